The Morgan fingerprint density at radius 1 is 0.833 bits per heavy atom. The maximum Gasteiger partial charge on any atom is 0.251 e. The molecular formula is C23H22FNO5. The van der Waals surface area contributed by atoms with Crippen LogP contribution >= 0.6 is 0 Å². The second kappa shape index (κ2) is 9.65. The van der Waals surface area contributed by atoms with E-state index in [-0.39, 0.29) is 11.7 Å². The highest BCUT2D eigenvalue weighted by atomic mass is 19.1. The average Bonchev–Trinajstić information content (AvgIpc) is 2.78. The highest BCUT2D eigenvalue weighted by molar-refractivity contribution is 5.95. The van der Waals surface area contributed by atoms with Crippen molar-refractivity contribution in [3.8, 4) is 28.7 Å². The van der Waals surface area contributed by atoms with Crippen LogP contribution in [0.5, 0.6) is 28.7 Å². The molecule has 7 heteroatoms. The van der Waals surface area contributed by atoms with Crippen molar-refractivity contribution in [2.75, 3.05) is 21.3 Å². The molecule has 0 unspecified atom stereocenters. The van der Waals surface area contributed by atoms with Gasteiger partial charge in [-0.05, 0) is 54.1 Å². The summed E-state index contributed by atoms with van der Waals surface area (Å²) in [5.74, 6) is 1.80. The molecular weight excluding hydrogens is 389 g/mol. The number of hydrogen-bond acceptors (Lipinski definition) is 5. The summed E-state index contributed by atoms with van der Waals surface area (Å²) >= 11 is 0. The quantitative estimate of drug-likeness (QED) is 0.588. The number of hydrogen-bond donors (Lipinski definition) is 1. The van der Waals surface area contributed by atoms with Gasteiger partial charge in [0, 0.05) is 12.1 Å². The molecule has 1 amide bonds. The van der Waals surface area contributed by atoms with Crippen LogP contribution in [0.15, 0.2) is 60.7 Å². The van der Waals surface area contributed by atoms with Gasteiger partial charge < -0.3 is 24.3 Å². The van der Waals surface area contributed by atoms with Crippen molar-refractivity contribution < 1.29 is 28.1 Å². The molecule has 0 aliphatic rings. The van der Waals surface area contributed by atoms with Gasteiger partial charge in [0.05, 0.1) is 21.3 Å². The molecule has 0 spiro atoms. The Bertz CT molecular complexity index is 978. The predicted octanol–water partition coefficient (Wildman–Crippen LogP) is 4.57. The lowest BCUT2D eigenvalue weighted by Crippen LogP contribution is -2.22. The van der Waals surface area contributed by atoms with Crippen LogP contribution in [0.1, 0.15) is 15.9 Å². The number of halogens is 1. The van der Waals surface area contributed by atoms with Gasteiger partial charge in [-0.3, -0.25) is 4.79 Å². The van der Waals surface area contributed by atoms with E-state index in [1.165, 1.54) is 33.5 Å². The van der Waals surface area contributed by atoms with Gasteiger partial charge in [0.2, 0.25) is 5.75 Å². The van der Waals surface area contributed by atoms with Crippen LogP contribution in [0.25, 0.3) is 0 Å². The SMILES string of the molecule is COc1cc(C(=O)NCc2ccc(Oc3ccc(F)cc3)cc2)cc(OC)c1OC. The fraction of sp³-hybridized carbons (Fsp3) is 0.174. The van der Waals surface area contributed by atoms with Crippen LogP contribution in [0.2, 0.25) is 0 Å². The Balaban J connectivity index is 1.64. The van der Waals surface area contributed by atoms with Gasteiger partial charge >= 0.3 is 0 Å². The zero-order chi connectivity index (χ0) is 21.5. The molecule has 0 aliphatic carbocycles. The molecule has 0 bridgehead atoms. The highest BCUT2D eigenvalue weighted by Crippen LogP contribution is 2.38. The first kappa shape index (κ1) is 21.0. The van der Waals surface area contributed by atoms with Gasteiger partial charge in [0.1, 0.15) is 17.3 Å². The number of ether oxygens (including phenoxy) is 4. The van der Waals surface area contributed by atoms with Crippen LogP contribution < -0.4 is 24.3 Å². The Labute approximate surface area is 174 Å². The summed E-state index contributed by atoms with van der Waals surface area (Å²) in [6, 6.07) is 16.2. The van der Waals surface area contributed by atoms with Gasteiger partial charge in [-0.2, -0.15) is 0 Å². The van der Waals surface area contributed by atoms with Gasteiger partial charge in [-0.1, -0.05) is 12.1 Å². The van der Waals surface area contributed by atoms with Crippen molar-refractivity contribution in [3.05, 3.63) is 77.6 Å². The lowest BCUT2D eigenvalue weighted by molar-refractivity contribution is 0.0950. The number of rotatable bonds is 8. The maximum atomic E-state index is 13.0. The van der Waals surface area contributed by atoms with Gasteiger partial charge in [0.15, 0.2) is 11.5 Å². The predicted molar refractivity (Wildman–Crippen MR) is 110 cm³/mol. The molecule has 0 saturated carbocycles. The van der Waals surface area contributed by atoms with Crippen LogP contribution in [-0.4, -0.2) is 27.2 Å². The van der Waals surface area contributed by atoms with E-state index < -0.39 is 0 Å². The molecule has 156 valence electrons. The number of amides is 1. The largest absolute Gasteiger partial charge is 0.493 e. The van der Waals surface area contributed by atoms with Crippen molar-refractivity contribution in [1.82, 2.24) is 5.32 Å². The van der Waals surface area contributed by atoms with Crippen molar-refractivity contribution in [2.24, 2.45) is 0 Å². The minimum absolute atomic E-state index is 0.277. The summed E-state index contributed by atoms with van der Waals surface area (Å²) in [4.78, 5) is 12.6. The first-order chi connectivity index (χ1) is 14.5. The van der Waals surface area contributed by atoms with Crippen molar-refractivity contribution in [1.29, 1.82) is 0 Å². The van der Waals surface area contributed by atoms with Gasteiger partial charge in [-0.25, -0.2) is 4.39 Å². The molecule has 30 heavy (non-hydrogen) atoms. The summed E-state index contributed by atoms with van der Waals surface area (Å²) in [6.07, 6.45) is 0. The number of nitrogens with one attached hydrogen (secondary N) is 1. The number of benzene rings is 3. The molecule has 1 N–H and O–H groups in total. The van der Waals surface area contributed by atoms with E-state index in [4.69, 9.17) is 18.9 Å². The third kappa shape index (κ3) is 5.00. The Hall–Kier alpha value is -3.74. The summed E-state index contributed by atoms with van der Waals surface area (Å²) in [5, 5.41) is 2.86. The second-order valence-electron chi connectivity index (χ2n) is 6.30. The van der Waals surface area contributed by atoms with E-state index in [9.17, 15) is 9.18 Å². The smallest absolute Gasteiger partial charge is 0.251 e. The van der Waals surface area contributed by atoms with Crippen LogP contribution in [0.3, 0.4) is 0 Å². The molecule has 0 fully saturated rings. The van der Waals surface area contributed by atoms with E-state index in [1.54, 1.807) is 36.4 Å². The molecule has 0 saturated heterocycles. The molecule has 3 aromatic carbocycles. The van der Waals surface area contributed by atoms with Crippen molar-refractivity contribution >= 4 is 5.91 Å². The minimum atomic E-state index is -0.319. The first-order valence-corrected chi connectivity index (χ1v) is 9.14. The fourth-order valence-electron chi connectivity index (χ4n) is 2.81. The molecule has 0 aromatic heterocycles. The summed E-state index contributed by atoms with van der Waals surface area (Å²) in [7, 11) is 4.49. The Morgan fingerprint density at radius 2 is 1.37 bits per heavy atom. The third-order valence-electron chi connectivity index (χ3n) is 4.35. The number of carbonyl (C=O) groups excluding carboxylic acids is 1. The van der Waals surface area contributed by atoms with E-state index in [2.05, 4.69) is 5.32 Å². The lowest BCUT2D eigenvalue weighted by atomic mass is 10.1. The zero-order valence-corrected chi connectivity index (χ0v) is 16.9. The van der Waals surface area contributed by atoms with Crippen LogP contribution in [0, 0.1) is 5.82 Å². The Kier molecular flexibility index (Phi) is 6.75. The molecule has 3 aromatic rings. The zero-order valence-electron chi connectivity index (χ0n) is 16.9. The van der Waals surface area contributed by atoms with E-state index in [0.717, 1.165) is 5.56 Å². The minimum Gasteiger partial charge on any atom is -0.493 e. The average molecular weight is 411 g/mol. The molecule has 0 heterocycles. The van der Waals surface area contributed by atoms with E-state index >= 15 is 0 Å². The molecule has 0 atom stereocenters. The maximum absolute atomic E-state index is 13.0. The van der Waals surface area contributed by atoms with E-state index in [1.807, 2.05) is 12.1 Å². The first-order valence-electron chi connectivity index (χ1n) is 9.14. The van der Waals surface area contributed by atoms with E-state index in [0.29, 0.717) is 40.9 Å². The molecule has 0 radical (unpaired) electrons. The van der Waals surface area contributed by atoms with Crippen LogP contribution in [0.4, 0.5) is 4.39 Å². The topological polar surface area (TPSA) is 66.0 Å². The highest BCUT2D eigenvalue weighted by Gasteiger charge is 2.16. The fourth-order valence-corrected chi connectivity index (χ4v) is 2.81. The third-order valence-corrected chi connectivity index (χ3v) is 4.35. The number of carbonyl (C=O) groups is 1. The molecule has 3 rings (SSSR count). The van der Waals surface area contributed by atoms with Gasteiger partial charge in [0.25, 0.3) is 5.91 Å². The second-order valence-corrected chi connectivity index (χ2v) is 6.30. The lowest BCUT2D eigenvalue weighted by Gasteiger charge is -2.14. The standard InChI is InChI=1S/C23H22FNO5/c1-27-20-12-16(13-21(28-2)22(20)29-3)23(26)25-14-15-4-8-18(9-5-15)30-19-10-6-17(24)7-11-19/h4-13H,14H2,1-3H3,(H,25,26). The van der Waals surface area contributed by atoms with Crippen molar-refractivity contribution in [2.45, 2.75) is 6.54 Å². The normalized spacial score (nSPS) is 10.3. The summed E-state index contributed by atoms with van der Waals surface area (Å²) in [6.45, 7) is 0.326. The van der Waals surface area contributed by atoms with Crippen LogP contribution in [-0.2, 0) is 6.54 Å². The monoisotopic (exact) mass is 411 g/mol. The molecule has 6 nitrogen and oxygen atoms in total. The summed E-state index contributed by atoms with van der Waals surface area (Å²) < 4.78 is 34.5. The summed E-state index contributed by atoms with van der Waals surface area (Å²) in [5.41, 5.74) is 1.28. The van der Waals surface area contributed by atoms with Crippen molar-refractivity contribution in [3.63, 3.8) is 0 Å². The van der Waals surface area contributed by atoms with Gasteiger partial charge in [-0.15, -0.1) is 0 Å². The molecule has 0 aliphatic heterocycles. The number of methoxy groups -OCH3 is 3. The Morgan fingerprint density at radius 3 is 1.87 bits per heavy atom.